The van der Waals surface area contributed by atoms with Gasteiger partial charge in [-0.15, -0.1) is 10.2 Å². The molecule has 1 atom stereocenters. The van der Waals surface area contributed by atoms with Gasteiger partial charge in [0.05, 0.1) is 26.0 Å². The molecule has 28 heavy (non-hydrogen) atoms. The first-order chi connectivity index (χ1) is 13.3. The summed E-state index contributed by atoms with van der Waals surface area (Å²) in [6, 6.07) is 11.0. The highest BCUT2D eigenvalue weighted by atomic mass is 35.5. The van der Waals surface area contributed by atoms with Crippen LogP contribution < -0.4 is 5.32 Å². The number of thioether (sulfide) groups is 1. The van der Waals surface area contributed by atoms with Crippen LogP contribution in [-0.2, 0) is 4.79 Å². The molecule has 1 amide bonds. The van der Waals surface area contributed by atoms with Gasteiger partial charge < -0.3 is 5.32 Å². The highest BCUT2D eigenvalue weighted by Crippen LogP contribution is 2.33. The minimum atomic E-state index is -0.447. The lowest BCUT2D eigenvalue weighted by molar-refractivity contribution is -0.115. The van der Waals surface area contributed by atoms with E-state index in [0.29, 0.717) is 25.9 Å². The molecule has 1 N–H and O–H groups in total. The highest BCUT2D eigenvalue weighted by Gasteiger charge is 2.21. The molecule has 0 spiro atoms. The molecule has 146 valence electrons. The molecule has 1 unspecified atom stereocenters. The summed E-state index contributed by atoms with van der Waals surface area (Å²) in [6.07, 6.45) is 0. The maximum Gasteiger partial charge on any atom is 0.237 e. The van der Waals surface area contributed by atoms with E-state index in [-0.39, 0.29) is 5.91 Å². The monoisotopic (exact) mass is 454 g/mol. The summed E-state index contributed by atoms with van der Waals surface area (Å²) < 4.78 is 1.92. The Labute approximate surface area is 182 Å². The number of aryl methyl sites for hydroxylation is 2. The van der Waals surface area contributed by atoms with Gasteiger partial charge in [0.15, 0.2) is 5.16 Å². The molecule has 0 aliphatic rings. The predicted molar refractivity (Wildman–Crippen MR) is 116 cm³/mol. The number of hydrogen-bond donors (Lipinski definition) is 1. The van der Waals surface area contributed by atoms with Crippen molar-refractivity contribution in [2.45, 2.75) is 31.2 Å². The van der Waals surface area contributed by atoms with E-state index < -0.39 is 5.25 Å². The summed E-state index contributed by atoms with van der Waals surface area (Å²) in [7, 11) is 0. The fourth-order valence-corrected chi connectivity index (χ4v) is 4.06. The first-order valence-electron chi connectivity index (χ1n) is 8.37. The van der Waals surface area contributed by atoms with E-state index in [9.17, 15) is 4.79 Å². The third-order valence-corrected chi connectivity index (χ3v) is 6.05. The number of nitrogens with one attached hydrogen (secondary N) is 1. The van der Waals surface area contributed by atoms with Crippen LogP contribution in [0.1, 0.15) is 18.3 Å². The van der Waals surface area contributed by atoms with E-state index in [1.165, 1.54) is 23.9 Å². The quantitative estimate of drug-likeness (QED) is 0.381. The summed E-state index contributed by atoms with van der Waals surface area (Å²) in [5, 5.41) is 12.3. The Morgan fingerprint density at radius 2 is 1.79 bits per heavy atom. The fraction of sp³-hybridized carbons (Fsp3) is 0.211. The molecule has 0 aliphatic heterocycles. The average molecular weight is 456 g/mol. The lowest BCUT2D eigenvalue weighted by atomic mass is 10.2. The number of rotatable bonds is 5. The zero-order valence-corrected chi connectivity index (χ0v) is 18.4. The van der Waals surface area contributed by atoms with Crippen molar-refractivity contribution < 1.29 is 4.79 Å². The largest absolute Gasteiger partial charge is 0.324 e. The van der Waals surface area contributed by atoms with Crippen LogP contribution in [-0.4, -0.2) is 25.9 Å². The van der Waals surface area contributed by atoms with E-state index in [4.69, 9.17) is 34.8 Å². The summed E-state index contributed by atoms with van der Waals surface area (Å²) >= 11 is 19.4. The Morgan fingerprint density at radius 1 is 1.07 bits per heavy atom. The maximum absolute atomic E-state index is 12.6. The third kappa shape index (κ3) is 4.63. The summed E-state index contributed by atoms with van der Waals surface area (Å²) in [6.45, 7) is 5.68. The first-order valence-corrected chi connectivity index (χ1v) is 10.4. The number of anilines is 1. The molecule has 9 heteroatoms. The van der Waals surface area contributed by atoms with Gasteiger partial charge in [-0.2, -0.15) is 0 Å². The molecule has 2 aromatic carbocycles. The standard InChI is InChI=1S/C19H17Cl3N4OS/c1-10-5-4-6-13(7-10)26-12(3)24-25-19(26)28-11(2)18(27)23-17-9-15(21)14(20)8-16(17)22/h4-9,11H,1-3H3,(H,23,27). The molecular weight excluding hydrogens is 439 g/mol. The third-order valence-electron chi connectivity index (χ3n) is 3.97. The van der Waals surface area contributed by atoms with Gasteiger partial charge >= 0.3 is 0 Å². The second kappa shape index (κ2) is 8.74. The zero-order valence-electron chi connectivity index (χ0n) is 15.3. The van der Waals surface area contributed by atoms with E-state index in [1.54, 1.807) is 6.92 Å². The smallest absolute Gasteiger partial charge is 0.237 e. The molecule has 0 fully saturated rings. The van der Waals surface area contributed by atoms with Gasteiger partial charge in [-0.25, -0.2) is 0 Å². The predicted octanol–water partition coefficient (Wildman–Crippen LogP) is 5.96. The second-order valence-electron chi connectivity index (χ2n) is 6.20. The molecule has 5 nitrogen and oxygen atoms in total. The van der Waals surface area contributed by atoms with Crippen LogP contribution in [0.15, 0.2) is 41.6 Å². The molecule has 0 aliphatic carbocycles. The average Bonchev–Trinajstić information content (AvgIpc) is 2.99. The van der Waals surface area contributed by atoms with Crippen molar-refractivity contribution in [3.05, 3.63) is 62.9 Å². The van der Waals surface area contributed by atoms with Gasteiger partial charge in [0.1, 0.15) is 5.82 Å². The van der Waals surface area contributed by atoms with Crippen LogP contribution in [0.2, 0.25) is 15.1 Å². The SMILES string of the molecule is Cc1cccc(-n2c(C)nnc2SC(C)C(=O)Nc2cc(Cl)c(Cl)cc2Cl)c1. The van der Waals surface area contributed by atoms with Crippen molar-refractivity contribution in [1.29, 1.82) is 0 Å². The Balaban J connectivity index is 1.79. The molecule has 0 bridgehead atoms. The Kier molecular flexibility index (Phi) is 6.55. The number of nitrogens with zero attached hydrogens (tertiary/aromatic N) is 3. The summed E-state index contributed by atoms with van der Waals surface area (Å²) in [5.74, 6) is 0.509. The minimum absolute atomic E-state index is 0.235. The number of halogens is 3. The lowest BCUT2D eigenvalue weighted by Gasteiger charge is -2.14. The Bertz CT molecular complexity index is 1040. The summed E-state index contributed by atoms with van der Waals surface area (Å²) in [4.78, 5) is 12.6. The molecule has 3 rings (SSSR count). The number of hydrogen-bond acceptors (Lipinski definition) is 4. The van der Waals surface area contributed by atoms with Crippen LogP contribution in [0.3, 0.4) is 0 Å². The van der Waals surface area contributed by atoms with E-state index >= 15 is 0 Å². The molecule has 0 radical (unpaired) electrons. The van der Waals surface area contributed by atoms with E-state index in [0.717, 1.165) is 17.1 Å². The fourth-order valence-electron chi connectivity index (χ4n) is 2.55. The summed E-state index contributed by atoms with van der Waals surface area (Å²) in [5.41, 5.74) is 2.48. The van der Waals surface area contributed by atoms with Gasteiger partial charge in [0.25, 0.3) is 0 Å². The van der Waals surface area contributed by atoms with Crippen molar-refractivity contribution in [3.63, 3.8) is 0 Å². The molecule has 1 aromatic heterocycles. The first kappa shape index (κ1) is 21.0. The highest BCUT2D eigenvalue weighted by molar-refractivity contribution is 8.00. The van der Waals surface area contributed by atoms with Crippen LogP contribution in [0.4, 0.5) is 5.69 Å². The Hall–Kier alpha value is -1.73. The maximum atomic E-state index is 12.6. The number of benzene rings is 2. The lowest BCUT2D eigenvalue weighted by Crippen LogP contribution is -2.23. The van der Waals surface area contributed by atoms with Crippen LogP contribution >= 0.6 is 46.6 Å². The molecular formula is C19H17Cl3N4OS. The van der Waals surface area contributed by atoms with Crippen LogP contribution in [0.5, 0.6) is 0 Å². The molecule has 0 saturated heterocycles. The normalized spacial score (nSPS) is 12.1. The number of amides is 1. The molecule has 3 aromatic rings. The van der Waals surface area contributed by atoms with Gasteiger partial charge in [-0.3, -0.25) is 9.36 Å². The van der Waals surface area contributed by atoms with Crippen LogP contribution in [0, 0.1) is 13.8 Å². The van der Waals surface area contributed by atoms with E-state index in [2.05, 4.69) is 15.5 Å². The number of carbonyl (C=O) groups is 1. The number of aromatic nitrogens is 3. The van der Waals surface area contributed by atoms with Crippen molar-refractivity contribution in [1.82, 2.24) is 14.8 Å². The molecule has 1 heterocycles. The van der Waals surface area contributed by atoms with Gasteiger partial charge in [-0.1, -0.05) is 58.7 Å². The van der Waals surface area contributed by atoms with Gasteiger partial charge in [0, 0.05) is 5.69 Å². The van der Waals surface area contributed by atoms with Crippen molar-refractivity contribution in [2.24, 2.45) is 0 Å². The minimum Gasteiger partial charge on any atom is -0.324 e. The van der Waals surface area contributed by atoms with Gasteiger partial charge in [0.2, 0.25) is 5.91 Å². The zero-order chi connectivity index (χ0) is 20.4. The van der Waals surface area contributed by atoms with Crippen LogP contribution in [0.25, 0.3) is 5.69 Å². The van der Waals surface area contributed by atoms with E-state index in [1.807, 2.05) is 42.7 Å². The molecule has 0 saturated carbocycles. The van der Waals surface area contributed by atoms with Crippen molar-refractivity contribution in [3.8, 4) is 5.69 Å². The Morgan fingerprint density at radius 3 is 2.50 bits per heavy atom. The second-order valence-corrected chi connectivity index (χ2v) is 8.73. The topological polar surface area (TPSA) is 59.8 Å². The van der Waals surface area contributed by atoms with Crippen molar-refractivity contribution >= 4 is 58.2 Å². The van der Waals surface area contributed by atoms with Crippen molar-refractivity contribution in [2.75, 3.05) is 5.32 Å². The van der Waals surface area contributed by atoms with Gasteiger partial charge in [-0.05, 0) is 50.6 Å². The number of carbonyl (C=O) groups excluding carboxylic acids is 1.